The third-order valence-electron chi connectivity index (χ3n) is 3.25. The lowest BCUT2D eigenvalue weighted by Gasteiger charge is -2.23. The van der Waals surface area contributed by atoms with Gasteiger partial charge in [-0.2, -0.15) is 0 Å². The lowest BCUT2D eigenvalue weighted by molar-refractivity contribution is 0.340. The molecule has 0 saturated carbocycles. The van der Waals surface area contributed by atoms with E-state index in [1.807, 2.05) is 31.2 Å². The quantitative estimate of drug-likeness (QED) is 0.799. The van der Waals surface area contributed by atoms with E-state index >= 15 is 0 Å². The summed E-state index contributed by atoms with van der Waals surface area (Å²) in [5, 5.41) is 3.46. The molecule has 0 aromatic heterocycles. The van der Waals surface area contributed by atoms with Crippen molar-refractivity contribution in [1.29, 1.82) is 0 Å². The van der Waals surface area contributed by atoms with E-state index in [4.69, 9.17) is 10.5 Å². The predicted molar refractivity (Wildman–Crippen MR) is 90.4 cm³/mol. The molecule has 0 spiro atoms. The van der Waals surface area contributed by atoms with Gasteiger partial charge < -0.3 is 15.8 Å². The summed E-state index contributed by atoms with van der Waals surface area (Å²) in [5.41, 5.74) is 10.0. The first-order valence-corrected chi connectivity index (χ1v) is 7.30. The zero-order valence-corrected chi connectivity index (χ0v) is 13.2. The summed E-state index contributed by atoms with van der Waals surface area (Å²) < 4.78 is 5.54. The van der Waals surface area contributed by atoms with Crippen molar-refractivity contribution in [3.05, 3.63) is 48.0 Å². The fraction of sp³-hybridized carbons (Fsp3) is 0.333. The highest BCUT2D eigenvalue weighted by molar-refractivity contribution is 5.69. The number of ether oxygens (including phenoxy) is 1. The summed E-state index contributed by atoms with van der Waals surface area (Å²) in [5.74, 6) is 0.785. The van der Waals surface area contributed by atoms with Crippen LogP contribution in [0, 0.1) is 0 Å². The molecule has 0 heterocycles. The molecule has 112 valence electrons. The monoisotopic (exact) mass is 284 g/mol. The summed E-state index contributed by atoms with van der Waals surface area (Å²) in [6.45, 7) is 9.21. The Morgan fingerprint density at radius 1 is 1.10 bits per heavy atom. The minimum absolute atomic E-state index is 0.0761. The Bertz CT molecular complexity index is 615. The van der Waals surface area contributed by atoms with Gasteiger partial charge in [0.05, 0.1) is 6.61 Å². The van der Waals surface area contributed by atoms with Gasteiger partial charge in [-0.3, -0.25) is 0 Å². The molecule has 0 amide bonds. The molecule has 0 saturated heterocycles. The number of hydrogen-bond donors (Lipinski definition) is 2. The number of nitrogens with two attached hydrogens (primary N) is 1. The topological polar surface area (TPSA) is 47.3 Å². The van der Waals surface area contributed by atoms with Gasteiger partial charge in [0.2, 0.25) is 0 Å². The second kappa shape index (κ2) is 6.08. The summed E-state index contributed by atoms with van der Waals surface area (Å²) in [7, 11) is 0. The highest BCUT2D eigenvalue weighted by atomic mass is 16.5. The second-order valence-corrected chi connectivity index (χ2v) is 6.14. The van der Waals surface area contributed by atoms with Crippen LogP contribution in [0.3, 0.4) is 0 Å². The highest BCUT2D eigenvalue weighted by Gasteiger charge is 2.17. The Morgan fingerprint density at radius 3 is 2.48 bits per heavy atom. The smallest absolute Gasteiger partial charge is 0.123 e. The lowest BCUT2D eigenvalue weighted by Crippen LogP contribution is -2.13. The molecule has 0 fully saturated rings. The predicted octanol–water partition coefficient (Wildman–Crippen LogP) is 4.71. The number of hydrogen-bond acceptors (Lipinski definition) is 3. The van der Waals surface area contributed by atoms with Crippen molar-refractivity contribution >= 4 is 17.1 Å². The molecule has 0 bridgehead atoms. The fourth-order valence-electron chi connectivity index (χ4n) is 2.35. The van der Waals surface area contributed by atoms with Crippen LogP contribution in [0.25, 0.3) is 0 Å². The van der Waals surface area contributed by atoms with E-state index in [0.717, 1.165) is 17.1 Å². The zero-order chi connectivity index (χ0) is 15.5. The molecule has 2 aromatic rings. The molecule has 0 aliphatic carbocycles. The third kappa shape index (κ3) is 3.91. The molecule has 3 N–H and O–H groups in total. The normalized spacial score (nSPS) is 11.2. The first-order valence-electron chi connectivity index (χ1n) is 7.30. The van der Waals surface area contributed by atoms with Crippen LogP contribution in [0.4, 0.5) is 17.1 Å². The average Bonchev–Trinajstić information content (AvgIpc) is 2.37. The standard InChI is InChI=1S/C18H24N2O/c1-5-21-15-11-13(19)10-14(12-15)20-17-9-7-6-8-16(17)18(2,3)4/h6-12,20H,5,19H2,1-4H3. The first kappa shape index (κ1) is 15.2. The molecule has 0 radical (unpaired) electrons. The molecule has 3 heteroatoms. The van der Waals surface area contributed by atoms with Crippen LogP contribution in [0.15, 0.2) is 42.5 Å². The maximum atomic E-state index is 5.95. The van der Waals surface area contributed by atoms with Gasteiger partial charge in [-0.25, -0.2) is 0 Å². The van der Waals surface area contributed by atoms with Crippen molar-refractivity contribution in [2.75, 3.05) is 17.7 Å². The van der Waals surface area contributed by atoms with Crippen LogP contribution in [0.1, 0.15) is 33.3 Å². The Morgan fingerprint density at radius 2 is 1.81 bits per heavy atom. The Hall–Kier alpha value is -2.16. The summed E-state index contributed by atoms with van der Waals surface area (Å²) in [6.07, 6.45) is 0. The van der Waals surface area contributed by atoms with Crippen molar-refractivity contribution in [1.82, 2.24) is 0 Å². The number of rotatable bonds is 4. The van der Waals surface area contributed by atoms with Crippen molar-refractivity contribution in [2.45, 2.75) is 33.1 Å². The number of benzene rings is 2. The van der Waals surface area contributed by atoms with E-state index in [0.29, 0.717) is 12.3 Å². The van der Waals surface area contributed by atoms with Crippen LogP contribution in [0.2, 0.25) is 0 Å². The van der Waals surface area contributed by atoms with E-state index in [1.54, 1.807) is 0 Å². The van der Waals surface area contributed by atoms with E-state index < -0.39 is 0 Å². The zero-order valence-electron chi connectivity index (χ0n) is 13.2. The van der Waals surface area contributed by atoms with Gasteiger partial charge in [0.1, 0.15) is 5.75 Å². The van der Waals surface area contributed by atoms with E-state index in [-0.39, 0.29) is 5.41 Å². The summed E-state index contributed by atoms with van der Waals surface area (Å²) >= 11 is 0. The minimum Gasteiger partial charge on any atom is -0.494 e. The maximum absolute atomic E-state index is 5.95. The second-order valence-electron chi connectivity index (χ2n) is 6.14. The van der Waals surface area contributed by atoms with Gasteiger partial charge in [-0.05, 0) is 30.0 Å². The molecule has 0 aliphatic heterocycles. The van der Waals surface area contributed by atoms with Gasteiger partial charge in [0.25, 0.3) is 0 Å². The first-order chi connectivity index (χ1) is 9.90. The van der Waals surface area contributed by atoms with E-state index in [9.17, 15) is 0 Å². The fourth-order valence-corrected chi connectivity index (χ4v) is 2.35. The van der Waals surface area contributed by atoms with Crippen molar-refractivity contribution in [3.8, 4) is 5.75 Å². The van der Waals surface area contributed by atoms with Crippen LogP contribution in [-0.2, 0) is 5.41 Å². The lowest BCUT2D eigenvalue weighted by atomic mass is 9.86. The van der Waals surface area contributed by atoms with Crippen molar-refractivity contribution in [3.63, 3.8) is 0 Å². The molecule has 3 nitrogen and oxygen atoms in total. The van der Waals surface area contributed by atoms with Crippen LogP contribution in [0.5, 0.6) is 5.75 Å². The van der Waals surface area contributed by atoms with Gasteiger partial charge in [0.15, 0.2) is 0 Å². The molecule has 0 aliphatic rings. The van der Waals surface area contributed by atoms with Crippen LogP contribution in [-0.4, -0.2) is 6.61 Å². The largest absolute Gasteiger partial charge is 0.494 e. The number of nitrogen functional groups attached to an aromatic ring is 1. The highest BCUT2D eigenvalue weighted by Crippen LogP contribution is 2.32. The molecular formula is C18H24N2O. The van der Waals surface area contributed by atoms with Gasteiger partial charge in [-0.1, -0.05) is 39.0 Å². The Labute approximate surface area is 127 Å². The minimum atomic E-state index is 0.0761. The molecule has 2 rings (SSSR count). The van der Waals surface area contributed by atoms with Crippen molar-refractivity contribution in [2.24, 2.45) is 0 Å². The van der Waals surface area contributed by atoms with Crippen molar-refractivity contribution < 1.29 is 4.74 Å². The Kier molecular flexibility index (Phi) is 4.41. The average molecular weight is 284 g/mol. The van der Waals surface area contributed by atoms with Gasteiger partial charge in [0, 0.05) is 29.2 Å². The van der Waals surface area contributed by atoms with Gasteiger partial charge in [-0.15, -0.1) is 0 Å². The van der Waals surface area contributed by atoms with E-state index in [1.165, 1.54) is 5.56 Å². The Balaban J connectivity index is 2.35. The molecule has 0 atom stereocenters. The summed E-state index contributed by atoms with van der Waals surface area (Å²) in [6, 6.07) is 14.1. The number of nitrogens with one attached hydrogen (secondary N) is 1. The third-order valence-corrected chi connectivity index (χ3v) is 3.25. The van der Waals surface area contributed by atoms with E-state index in [2.05, 4.69) is 44.3 Å². The van der Waals surface area contributed by atoms with Crippen LogP contribution < -0.4 is 15.8 Å². The molecule has 2 aromatic carbocycles. The SMILES string of the molecule is CCOc1cc(N)cc(Nc2ccccc2C(C)(C)C)c1. The molecule has 21 heavy (non-hydrogen) atoms. The maximum Gasteiger partial charge on any atom is 0.123 e. The van der Waals surface area contributed by atoms with Crippen LogP contribution >= 0.6 is 0 Å². The number of anilines is 3. The van der Waals surface area contributed by atoms with Gasteiger partial charge >= 0.3 is 0 Å². The number of para-hydroxylation sites is 1. The molecule has 0 unspecified atom stereocenters. The molecular weight excluding hydrogens is 260 g/mol. The summed E-state index contributed by atoms with van der Waals surface area (Å²) in [4.78, 5) is 0.